The zero-order chi connectivity index (χ0) is 24.9. The lowest BCUT2D eigenvalue weighted by Gasteiger charge is -2.28. The molecule has 3 aromatic rings. The van der Waals surface area contributed by atoms with Gasteiger partial charge in [0.25, 0.3) is 5.69 Å². The highest BCUT2D eigenvalue weighted by Crippen LogP contribution is 2.49. The monoisotopic (exact) mass is 472 g/mol. The van der Waals surface area contributed by atoms with Gasteiger partial charge < -0.3 is 13.9 Å². The first kappa shape index (κ1) is 22.3. The molecule has 2 aromatic carbocycles. The highest BCUT2D eigenvalue weighted by molar-refractivity contribution is 6.24. The molecule has 1 unspecified atom stereocenters. The van der Waals surface area contributed by atoms with Crippen LogP contribution >= 0.6 is 0 Å². The second-order valence-corrected chi connectivity index (χ2v) is 8.21. The van der Waals surface area contributed by atoms with E-state index in [-0.39, 0.29) is 17.2 Å². The number of rotatable bonds is 5. The molecule has 1 aliphatic heterocycles. The molecule has 0 radical (unpaired) electrons. The van der Waals surface area contributed by atoms with Gasteiger partial charge in [-0.3, -0.25) is 24.7 Å². The number of carbonyl (C=O) groups is 2. The normalized spacial score (nSPS) is 18.6. The van der Waals surface area contributed by atoms with E-state index in [0.29, 0.717) is 45.2 Å². The Hall–Kier alpha value is -4.53. The summed E-state index contributed by atoms with van der Waals surface area (Å²) < 4.78 is 16.6. The third kappa shape index (κ3) is 3.43. The highest BCUT2D eigenvalue weighted by Gasteiger charge is 2.47. The number of ether oxygens (including phenoxy) is 2. The Kier molecular flexibility index (Phi) is 5.32. The number of furan rings is 1. The number of Topliss-reactive ketones (excluding diaryl/α,β-unsaturated/α-hetero) is 1. The van der Waals surface area contributed by atoms with Crippen LogP contribution in [-0.2, 0) is 9.53 Å². The Bertz CT molecular complexity index is 1460. The fraction of sp³-hybridized carbons (Fsp3) is 0.192. The SMILES string of the molecule is COC(=O)C1C(C)=NC2=C(C(=O)c3ccccc32)[C@H]1c1ccc(-c2ccc([N+](=O)[O-])cc2OC)o1. The molecule has 9 heteroatoms. The number of nitrogens with zero attached hydrogens (tertiary/aromatic N) is 2. The van der Waals surface area contributed by atoms with Gasteiger partial charge in [-0.2, -0.15) is 0 Å². The number of hydrogen-bond acceptors (Lipinski definition) is 8. The van der Waals surface area contributed by atoms with Gasteiger partial charge in [-0.05, 0) is 25.1 Å². The Morgan fingerprint density at radius 3 is 2.49 bits per heavy atom. The molecule has 0 N–H and O–H groups in total. The molecule has 1 aromatic heterocycles. The summed E-state index contributed by atoms with van der Waals surface area (Å²) in [5.41, 5.74) is 3.03. The van der Waals surface area contributed by atoms with Gasteiger partial charge in [0.05, 0.1) is 42.4 Å². The molecule has 0 amide bonds. The lowest BCUT2D eigenvalue weighted by molar-refractivity contribution is -0.384. The van der Waals surface area contributed by atoms with Crippen molar-refractivity contribution in [3.63, 3.8) is 0 Å². The first-order valence-electron chi connectivity index (χ1n) is 10.8. The Morgan fingerprint density at radius 1 is 1.06 bits per heavy atom. The van der Waals surface area contributed by atoms with Gasteiger partial charge in [-0.25, -0.2) is 0 Å². The largest absolute Gasteiger partial charge is 0.496 e. The van der Waals surface area contributed by atoms with E-state index in [9.17, 15) is 19.7 Å². The van der Waals surface area contributed by atoms with Gasteiger partial charge in [0.15, 0.2) is 5.78 Å². The molecule has 1 aliphatic carbocycles. The molecule has 0 spiro atoms. The maximum atomic E-state index is 13.5. The number of ketones is 1. The summed E-state index contributed by atoms with van der Waals surface area (Å²) in [7, 11) is 2.70. The molecule has 2 atom stereocenters. The summed E-state index contributed by atoms with van der Waals surface area (Å²) in [4.78, 5) is 41.6. The van der Waals surface area contributed by atoms with Crippen molar-refractivity contribution in [2.24, 2.45) is 10.9 Å². The summed E-state index contributed by atoms with van der Waals surface area (Å²) >= 11 is 0. The topological polar surface area (TPSA) is 121 Å². The lowest BCUT2D eigenvalue weighted by Crippen LogP contribution is -2.34. The number of methoxy groups -OCH3 is 2. The van der Waals surface area contributed by atoms with Crippen LogP contribution in [0.2, 0.25) is 0 Å². The van der Waals surface area contributed by atoms with Crippen LogP contribution in [0.3, 0.4) is 0 Å². The molecule has 0 fully saturated rings. The summed E-state index contributed by atoms with van der Waals surface area (Å²) in [5, 5.41) is 11.2. The van der Waals surface area contributed by atoms with Crippen molar-refractivity contribution in [3.8, 4) is 17.1 Å². The summed E-state index contributed by atoms with van der Waals surface area (Å²) in [6, 6.07) is 14.8. The third-order valence-corrected chi connectivity index (χ3v) is 6.36. The Morgan fingerprint density at radius 2 is 1.80 bits per heavy atom. The number of allylic oxidation sites excluding steroid dienone is 1. The number of carbonyl (C=O) groups excluding carboxylic acids is 2. The zero-order valence-electron chi connectivity index (χ0n) is 19.1. The van der Waals surface area contributed by atoms with Gasteiger partial charge in [0.1, 0.15) is 23.2 Å². The van der Waals surface area contributed by atoms with E-state index in [4.69, 9.17) is 13.9 Å². The van der Waals surface area contributed by atoms with Gasteiger partial charge in [-0.1, -0.05) is 24.3 Å². The van der Waals surface area contributed by atoms with Crippen molar-refractivity contribution in [1.29, 1.82) is 0 Å². The number of nitro groups is 1. The van der Waals surface area contributed by atoms with Crippen molar-refractivity contribution in [1.82, 2.24) is 0 Å². The number of aliphatic imine (C=N–C) groups is 1. The van der Waals surface area contributed by atoms with Gasteiger partial charge in [0.2, 0.25) is 0 Å². The van der Waals surface area contributed by atoms with Crippen molar-refractivity contribution in [2.75, 3.05) is 14.2 Å². The van der Waals surface area contributed by atoms with Crippen LogP contribution < -0.4 is 4.74 Å². The van der Waals surface area contributed by atoms with Crippen LogP contribution in [0, 0.1) is 16.0 Å². The first-order valence-corrected chi connectivity index (χ1v) is 10.8. The van der Waals surface area contributed by atoms with Crippen molar-refractivity contribution >= 4 is 28.8 Å². The number of fused-ring (bicyclic) bond motifs is 2. The lowest BCUT2D eigenvalue weighted by atomic mass is 9.78. The number of esters is 1. The second kappa shape index (κ2) is 8.35. The molecule has 9 nitrogen and oxygen atoms in total. The predicted molar refractivity (Wildman–Crippen MR) is 126 cm³/mol. The minimum atomic E-state index is -0.852. The Labute approximate surface area is 199 Å². The fourth-order valence-electron chi connectivity index (χ4n) is 4.75. The summed E-state index contributed by atoms with van der Waals surface area (Å²) in [6.07, 6.45) is 0. The average molecular weight is 472 g/mol. The second-order valence-electron chi connectivity index (χ2n) is 8.21. The van der Waals surface area contributed by atoms with Gasteiger partial charge >= 0.3 is 5.97 Å². The van der Waals surface area contributed by atoms with E-state index in [2.05, 4.69) is 4.99 Å². The maximum absolute atomic E-state index is 13.5. The molecule has 2 heterocycles. The van der Waals surface area contributed by atoms with Crippen LogP contribution in [0.4, 0.5) is 5.69 Å². The van der Waals surface area contributed by atoms with Crippen LogP contribution in [0.1, 0.15) is 34.5 Å². The molecule has 0 saturated carbocycles. The molecule has 176 valence electrons. The smallest absolute Gasteiger partial charge is 0.315 e. The van der Waals surface area contributed by atoms with Crippen molar-refractivity contribution in [2.45, 2.75) is 12.8 Å². The van der Waals surface area contributed by atoms with Crippen LogP contribution in [-0.4, -0.2) is 36.6 Å². The quantitative estimate of drug-likeness (QED) is 0.296. The maximum Gasteiger partial charge on any atom is 0.315 e. The first-order chi connectivity index (χ1) is 16.8. The highest BCUT2D eigenvalue weighted by atomic mass is 16.6. The minimum absolute atomic E-state index is 0.119. The molecule has 5 rings (SSSR count). The Balaban J connectivity index is 1.65. The molecule has 0 bridgehead atoms. The van der Waals surface area contributed by atoms with E-state index in [1.165, 1.54) is 32.4 Å². The van der Waals surface area contributed by atoms with Gasteiger partial charge in [0, 0.05) is 28.5 Å². The molecule has 2 aliphatic rings. The number of benzene rings is 2. The summed E-state index contributed by atoms with van der Waals surface area (Å²) in [6.45, 7) is 1.73. The fourth-order valence-corrected chi connectivity index (χ4v) is 4.75. The van der Waals surface area contributed by atoms with E-state index < -0.39 is 22.7 Å². The van der Waals surface area contributed by atoms with Crippen molar-refractivity contribution in [3.05, 3.63) is 87.2 Å². The van der Waals surface area contributed by atoms with E-state index in [1.54, 1.807) is 31.2 Å². The summed E-state index contributed by atoms with van der Waals surface area (Å²) in [5.74, 6) is -1.34. The van der Waals surface area contributed by atoms with E-state index in [1.807, 2.05) is 12.1 Å². The predicted octanol–water partition coefficient (Wildman–Crippen LogP) is 4.82. The standard InChI is InChI=1S/C26H20N2O7/c1-13-21(26(30)34-3)22(23-24(27-13)15-6-4-5-7-16(15)25(23)29)19-11-10-18(35-19)17-9-8-14(28(31)32)12-20(17)33-2/h4-12,21-22H,1-3H3/t21?,22-/m0/s1. The number of hydrogen-bond donors (Lipinski definition) is 0. The third-order valence-electron chi connectivity index (χ3n) is 6.36. The number of non-ortho nitro benzene ring substituents is 1. The molecule has 0 saturated heterocycles. The van der Waals surface area contributed by atoms with Crippen molar-refractivity contribution < 1.29 is 28.4 Å². The molecular weight excluding hydrogens is 452 g/mol. The van der Waals surface area contributed by atoms with Crippen LogP contribution in [0.15, 0.2) is 69.6 Å². The average Bonchev–Trinajstić information content (AvgIpc) is 3.46. The molecular formula is C26H20N2O7. The minimum Gasteiger partial charge on any atom is -0.496 e. The van der Waals surface area contributed by atoms with Gasteiger partial charge in [-0.15, -0.1) is 0 Å². The zero-order valence-corrected chi connectivity index (χ0v) is 19.1. The van der Waals surface area contributed by atoms with E-state index >= 15 is 0 Å². The number of nitro benzene ring substituents is 1. The molecule has 35 heavy (non-hydrogen) atoms. The van der Waals surface area contributed by atoms with Crippen LogP contribution in [0.5, 0.6) is 5.75 Å². The van der Waals surface area contributed by atoms with E-state index in [0.717, 1.165) is 0 Å². The van der Waals surface area contributed by atoms with Crippen LogP contribution in [0.25, 0.3) is 17.0 Å².